The molecule has 0 aliphatic heterocycles. The molecule has 0 saturated heterocycles. The van der Waals surface area contributed by atoms with E-state index < -0.39 is 11.6 Å². The van der Waals surface area contributed by atoms with Gasteiger partial charge >= 0.3 is 0 Å². The summed E-state index contributed by atoms with van der Waals surface area (Å²) in [5, 5.41) is 19.3. The van der Waals surface area contributed by atoms with Crippen LogP contribution in [0, 0.1) is 25.5 Å². The van der Waals surface area contributed by atoms with E-state index in [0.29, 0.717) is 73.3 Å². The first-order valence-electron chi connectivity index (χ1n) is 18.8. The minimum atomic E-state index is -0.458. The SMILES string of the molecule is Cc1ncncc1C(=O)Nc1ccc(-n2nc(C3CC3)cc2C2CC2)c(F)c1.Cc1nnsc1C(=O)Nc1ccc(-n2nc(C3CC3)c(Cl)c2C2CC2)c(F)c1. The summed E-state index contributed by atoms with van der Waals surface area (Å²) >= 11 is 7.61. The maximum absolute atomic E-state index is 15.0. The molecule has 16 heteroatoms. The van der Waals surface area contributed by atoms with Crippen molar-refractivity contribution in [2.45, 2.75) is 88.9 Å². The van der Waals surface area contributed by atoms with Crippen LogP contribution in [0.25, 0.3) is 11.4 Å². The molecule has 56 heavy (non-hydrogen) atoms. The van der Waals surface area contributed by atoms with Gasteiger partial charge in [0.1, 0.15) is 22.6 Å². The highest BCUT2D eigenvalue weighted by atomic mass is 35.5. The quantitative estimate of drug-likeness (QED) is 0.140. The van der Waals surface area contributed by atoms with Crippen molar-refractivity contribution in [1.82, 2.24) is 39.1 Å². The highest BCUT2D eigenvalue weighted by Crippen LogP contribution is 2.50. The van der Waals surface area contributed by atoms with Crippen LogP contribution in [0.15, 0.2) is 55.0 Å². The lowest BCUT2D eigenvalue weighted by molar-refractivity contribution is 0.101. The number of halogens is 3. The molecule has 12 nitrogen and oxygen atoms in total. The van der Waals surface area contributed by atoms with Gasteiger partial charge < -0.3 is 10.6 Å². The van der Waals surface area contributed by atoms with Crippen LogP contribution in [0.5, 0.6) is 0 Å². The van der Waals surface area contributed by atoms with Gasteiger partial charge in [0.05, 0.1) is 39.1 Å². The number of nitrogens with one attached hydrogen (secondary N) is 2. The molecule has 0 bridgehead atoms. The van der Waals surface area contributed by atoms with E-state index in [-0.39, 0.29) is 11.8 Å². The maximum atomic E-state index is 15.0. The van der Waals surface area contributed by atoms with E-state index in [1.54, 1.807) is 47.5 Å². The zero-order chi connectivity index (χ0) is 38.7. The second kappa shape index (κ2) is 14.6. The monoisotopic (exact) mass is 794 g/mol. The molecule has 10 rings (SSSR count). The Labute approximate surface area is 329 Å². The molecule has 4 fully saturated rings. The van der Waals surface area contributed by atoms with Crippen LogP contribution in [-0.2, 0) is 0 Å². The second-order valence-electron chi connectivity index (χ2n) is 14.9. The number of aromatic nitrogens is 8. The molecule has 4 aliphatic rings. The summed E-state index contributed by atoms with van der Waals surface area (Å²) in [6.45, 7) is 3.44. The van der Waals surface area contributed by atoms with E-state index >= 15 is 0 Å². The Kier molecular flexibility index (Phi) is 9.44. The third kappa shape index (κ3) is 7.44. The number of amides is 2. The van der Waals surface area contributed by atoms with E-state index in [1.165, 1.54) is 24.7 Å². The summed E-state index contributed by atoms with van der Waals surface area (Å²) < 4.78 is 37.0. The second-order valence-corrected chi connectivity index (χ2v) is 16.1. The molecule has 4 saturated carbocycles. The fourth-order valence-electron chi connectivity index (χ4n) is 6.75. The first kappa shape index (κ1) is 36.2. The van der Waals surface area contributed by atoms with Gasteiger partial charge in [-0.1, -0.05) is 16.1 Å². The highest BCUT2D eigenvalue weighted by molar-refractivity contribution is 7.08. The van der Waals surface area contributed by atoms with Gasteiger partial charge in [-0.25, -0.2) is 28.1 Å². The van der Waals surface area contributed by atoms with Gasteiger partial charge in [0.2, 0.25) is 0 Å². The lowest BCUT2D eigenvalue weighted by Crippen LogP contribution is -2.15. The fraction of sp³-hybridized carbons (Fsp3) is 0.350. The van der Waals surface area contributed by atoms with Crippen molar-refractivity contribution in [2.24, 2.45) is 0 Å². The van der Waals surface area contributed by atoms with Crippen molar-refractivity contribution >= 4 is 46.3 Å². The minimum absolute atomic E-state index is 0.341. The van der Waals surface area contributed by atoms with Crippen molar-refractivity contribution < 1.29 is 18.4 Å². The predicted octanol–water partition coefficient (Wildman–Crippen LogP) is 8.95. The van der Waals surface area contributed by atoms with Crippen molar-refractivity contribution in [1.29, 1.82) is 0 Å². The minimum Gasteiger partial charge on any atom is -0.322 e. The molecule has 4 aliphatic carbocycles. The van der Waals surface area contributed by atoms with Gasteiger partial charge in [-0.15, -0.1) is 5.10 Å². The summed E-state index contributed by atoms with van der Waals surface area (Å²) in [4.78, 5) is 33.0. The standard InChI is InChI=1S/C21H20FN5O.C19H17ClFN5OS/c1-12-16(10-23-11-24-12)21(28)25-15-6-7-19(17(22)8-15)27-20(14-4-5-14)9-18(26-27)13-2-3-13;1-9-18(28-25-23-9)19(27)22-12-6-7-14(13(21)8-12)26-17(11-4-5-11)15(20)16(24-26)10-2-3-10/h6-11,13-14H,2-5H2,1H3,(H,25,28);6-8,10-11H,2-5H2,1H3,(H,22,27). The zero-order valence-corrected chi connectivity index (χ0v) is 32.2. The molecule has 0 unspecified atom stereocenters. The van der Waals surface area contributed by atoms with Crippen LogP contribution < -0.4 is 10.6 Å². The molecule has 0 radical (unpaired) electrons. The largest absolute Gasteiger partial charge is 0.322 e. The van der Waals surface area contributed by atoms with E-state index in [4.69, 9.17) is 11.6 Å². The molecular formula is C40H37ClF2N10O2S. The molecule has 2 aromatic carbocycles. The number of rotatable bonds is 10. The first-order valence-corrected chi connectivity index (χ1v) is 19.9. The maximum Gasteiger partial charge on any atom is 0.269 e. The Morgan fingerprint density at radius 2 is 1.39 bits per heavy atom. The van der Waals surface area contributed by atoms with Crippen LogP contribution in [0.2, 0.25) is 5.02 Å². The third-order valence-electron chi connectivity index (χ3n) is 10.4. The summed E-state index contributed by atoms with van der Waals surface area (Å²) in [6, 6.07) is 11.5. The molecule has 0 spiro atoms. The number of aryl methyl sites for hydroxylation is 2. The number of hydrogen-bond acceptors (Lipinski definition) is 9. The molecular weight excluding hydrogens is 758 g/mol. The molecule has 4 aromatic heterocycles. The number of nitrogens with zero attached hydrogens (tertiary/aromatic N) is 8. The Balaban J connectivity index is 0.000000146. The smallest absolute Gasteiger partial charge is 0.269 e. The Morgan fingerprint density at radius 1 is 0.768 bits per heavy atom. The van der Waals surface area contributed by atoms with Crippen LogP contribution in [0.4, 0.5) is 20.2 Å². The zero-order valence-electron chi connectivity index (χ0n) is 30.6. The fourth-order valence-corrected chi connectivity index (χ4v) is 7.73. The lowest BCUT2D eigenvalue weighted by Gasteiger charge is -2.11. The molecule has 286 valence electrons. The van der Waals surface area contributed by atoms with E-state index in [9.17, 15) is 18.4 Å². The Morgan fingerprint density at radius 3 is 1.96 bits per heavy atom. The van der Waals surface area contributed by atoms with Gasteiger partial charge in [-0.05, 0) is 119 Å². The first-order chi connectivity index (χ1) is 27.1. The van der Waals surface area contributed by atoms with Crippen LogP contribution in [0.1, 0.15) is 129 Å². The van der Waals surface area contributed by atoms with Gasteiger partial charge in [0.25, 0.3) is 11.8 Å². The number of benzene rings is 2. The average Bonchev–Trinajstić information content (AvgIpc) is 3.97. The van der Waals surface area contributed by atoms with E-state index in [0.717, 1.165) is 85.7 Å². The molecule has 2 amide bonds. The molecule has 2 N–H and O–H groups in total. The predicted molar refractivity (Wildman–Crippen MR) is 207 cm³/mol. The van der Waals surface area contributed by atoms with Crippen LogP contribution in [0.3, 0.4) is 0 Å². The number of carbonyl (C=O) groups excluding carboxylic acids is 2. The highest BCUT2D eigenvalue weighted by Gasteiger charge is 2.38. The van der Waals surface area contributed by atoms with Crippen LogP contribution in [-0.4, -0.2) is 50.9 Å². The summed E-state index contributed by atoms with van der Waals surface area (Å²) in [7, 11) is 0. The van der Waals surface area contributed by atoms with E-state index in [1.807, 2.05) is 0 Å². The van der Waals surface area contributed by atoms with Gasteiger partial charge in [0, 0.05) is 46.9 Å². The molecule has 4 heterocycles. The van der Waals surface area contributed by atoms with Gasteiger partial charge in [0.15, 0.2) is 11.6 Å². The van der Waals surface area contributed by atoms with Crippen LogP contribution >= 0.6 is 23.1 Å². The van der Waals surface area contributed by atoms with Crippen molar-refractivity contribution in [2.75, 3.05) is 10.6 Å². The number of hydrogen-bond donors (Lipinski definition) is 2. The Bertz CT molecular complexity index is 2500. The third-order valence-corrected chi connectivity index (χ3v) is 11.7. The van der Waals surface area contributed by atoms with Crippen molar-refractivity contribution in [3.8, 4) is 11.4 Å². The Hall–Kier alpha value is -5.41. The number of carbonyl (C=O) groups is 2. The summed E-state index contributed by atoms with van der Waals surface area (Å²) in [5.41, 5.74) is 6.96. The average molecular weight is 795 g/mol. The molecule has 0 atom stereocenters. The topological polar surface area (TPSA) is 145 Å². The lowest BCUT2D eigenvalue weighted by atomic mass is 10.2. The van der Waals surface area contributed by atoms with Gasteiger partial charge in [-0.2, -0.15) is 10.2 Å². The summed E-state index contributed by atoms with van der Waals surface area (Å²) in [5.74, 6) is 0.149. The normalized spacial score (nSPS) is 16.3. The van der Waals surface area contributed by atoms with Crippen molar-refractivity contribution in [3.05, 3.63) is 116 Å². The molecule has 6 aromatic rings. The van der Waals surface area contributed by atoms with Crippen molar-refractivity contribution in [3.63, 3.8) is 0 Å². The number of anilines is 2. The van der Waals surface area contributed by atoms with Gasteiger partial charge in [-0.3, -0.25) is 9.59 Å². The summed E-state index contributed by atoms with van der Waals surface area (Å²) in [6.07, 6.45) is 11.7. The van der Waals surface area contributed by atoms with E-state index in [2.05, 4.69) is 46.5 Å².